The smallest absolute Gasteiger partial charge is 0.274 e. The first-order chi connectivity index (χ1) is 10.6. The van der Waals surface area contributed by atoms with E-state index >= 15 is 0 Å². The van der Waals surface area contributed by atoms with Gasteiger partial charge >= 0.3 is 0 Å². The van der Waals surface area contributed by atoms with Crippen molar-refractivity contribution < 1.29 is 4.79 Å². The quantitative estimate of drug-likeness (QED) is 0.944. The van der Waals surface area contributed by atoms with Crippen LogP contribution in [0.25, 0.3) is 0 Å². The van der Waals surface area contributed by atoms with Crippen LogP contribution in [-0.4, -0.2) is 29.0 Å². The number of rotatable bonds is 3. The molecule has 1 fully saturated rings. The summed E-state index contributed by atoms with van der Waals surface area (Å²) in [6.45, 7) is 3.86. The van der Waals surface area contributed by atoms with E-state index in [1.807, 2.05) is 13.0 Å². The van der Waals surface area contributed by atoms with Crippen molar-refractivity contribution in [2.24, 2.45) is 0 Å². The maximum Gasteiger partial charge on any atom is 0.274 e. The van der Waals surface area contributed by atoms with E-state index in [0.29, 0.717) is 10.7 Å². The number of nitrogens with zero attached hydrogens (tertiary/aromatic N) is 3. The molecule has 22 heavy (non-hydrogen) atoms. The Morgan fingerprint density at radius 1 is 1.23 bits per heavy atom. The van der Waals surface area contributed by atoms with Gasteiger partial charge in [-0.05, 0) is 43.5 Å². The second-order valence-electron chi connectivity index (χ2n) is 5.37. The molecule has 2 aromatic rings. The Labute approximate surface area is 134 Å². The SMILES string of the molecule is Cc1cc(Cl)ccc1NC(=O)c1cc(N2CCCC2)ncn1. The highest BCUT2D eigenvalue weighted by Gasteiger charge is 2.16. The maximum absolute atomic E-state index is 12.4. The van der Waals surface area contributed by atoms with E-state index in [-0.39, 0.29) is 5.91 Å². The van der Waals surface area contributed by atoms with Gasteiger partial charge in [-0.15, -0.1) is 0 Å². The van der Waals surface area contributed by atoms with Crippen molar-refractivity contribution in [2.75, 3.05) is 23.3 Å². The molecule has 1 saturated heterocycles. The highest BCUT2D eigenvalue weighted by Crippen LogP contribution is 2.21. The zero-order valence-corrected chi connectivity index (χ0v) is 13.1. The Balaban J connectivity index is 1.78. The monoisotopic (exact) mass is 316 g/mol. The van der Waals surface area contributed by atoms with Crippen LogP contribution in [0.5, 0.6) is 0 Å². The molecule has 0 bridgehead atoms. The average molecular weight is 317 g/mol. The molecule has 1 aromatic heterocycles. The lowest BCUT2D eigenvalue weighted by molar-refractivity contribution is 0.102. The highest BCUT2D eigenvalue weighted by molar-refractivity contribution is 6.30. The molecule has 1 amide bonds. The minimum Gasteiger partial charge on any atom is -0.357 e. The summed E-state index contributed by atoms with van der Waals surface area (Å²) in [4.78, 5) is 22.9. The summed E-state index contributed by atoms with van der Waals surface area (Å²) in [6, 6.07) is 7.09. The number of benzene rings is 1. The lowest BCUT2D eigenvalue weighted by atomic mass is 10.2. The van der Waals surface area contributed by atoms with E-state index in [1.54, 1.807) is 18.2 Å². The van der Waals surface area contributed by atoms with Crippen LogP contribution >= 0.6 is 11.6 Å². The molecule has 0 radical (unpaired) electrons. The molecule has 0 spiro atoms. The molecule has 1 aromatic carbocycles. The number of aryl methyl sites for hydroxylation is 1. The summed E-state index contributed by atoms with van der Waals surface area (Å²) >= 11 is 5.93. The summed E-state index contributed by atoms with van der Waals surface area (Å²) < 4.78 is 0. The summed E-state index contributed by atoms with van der Waals surface area (Å²) in [5.74, 6) is 0.568. The molecule has 114 valence electrons. The molecule has 0 unspecified atom stereocenters. The topological polar surface area (TPSA) is 58.1 Å². The van der Waals surface area contributed by atoms with Gasteiger partial charge in [0.2, 0.25) is 0 Å². The van der Waals surface area contributed by atoms with Gasteiger partial charge in [-0.3, -0.25) is 4.79 Å². The number of nitrogens with one attached hydrogen (secondary N) is 1. The van der Waals surface area contributed by atoms with Gasteiger partial charge in [0.15, 0.2) is 0 Å². The average Bonchev–Trinajstić information content (AvgIpc) is 3.04. The van der Waals surface area contributed by atoms with Gasteiger partial charge in [0, 0.05) is 29.9 Å². The molecule has 0 atom stereocenters. The van der Waals surface area contributed by atoms with E-state index in [1.165, 1.54) is 6.33 Å². The van der Waals surface area contributed by atoms with E-state index in [9.17, 15) is 4.79 Å². The van der Waals surface area contributed by atoms with Crippen molar-refractivity contribution in [3.8, 4) is 0 Å². The summed E-state index contributed by atoms with van der Waals surface area (Å²) in [5, 5.41) is 3.51. The second kappa shape index (κ2) is 6.32. The lowest BCUT2D eigenvalue weighted by Gasteiger charge is -2.16. The fourth-order valence-corrected chi connectivity index (χ4v) is 2.77. The van der Waals surface area contributed by atoms with Gasteiger partial charge in [0.25, 0.3) is 5.91 Å². The molecule has 0 aliphatic carbocycles. The van der Waals surface area contributed by atoms with Crippen LogP contribution in [0.1, 0.15) is 28.9 Å². The van der Waals surface area contributed by atoms with Gasteiger partial charge in [0.1, 0.15) is 17.8 Å². The van der Waals surface area contributed by atoms with Crippen molar-refractivity contribution >= 4 is 29.0 Å². The fourth-order valence-electron chi connectivity index (χ4n) is 2.54. The van der Waals surface area contributed by atoms with E-state index in [4.69, 9.17) is 11.6 Å². The minimum absolute atomic E-state index is 0.242. The number of carbonyl (C=O) groups excluding carboxylic acids is 1. The number of hydrogen-bond donors (Lipinski definition) is 1. The maximum atomic E-state index is 12.4. The third-order valence-electron chi connectivity index (χ3n) is 3.75. The van der Waals surface area contributed by atoms with Crippen LogP contribution in [0, 0.1) is 6.92 Å². The molecule has 6 heteroatoms. The van der Waals surface area contributed by atoms with E-state index in [0.717, 1.165) is 43.0 Å². The Kier molecular flexibility index (Phi) is 4.24. The molecule has 1 N–H and O–H groups in total. The predicted molar refractivity (Wildman–Crippen MR) is 87.6 cm³/mol. The Bertz CT molecular complexity index is 698. The molecule has 1 aliphatic heterocycles. The standard InChI is InChI=1S/C16H17ClN4O/c1-11-8-12(17)4-5-13(11)20-16(22)14-9-15(19-10-18-14)21-6-2-3-7-21/h4-5,8-10H,2-3,6-7H2,1H3,(H,20,22). The van der Waals surface area contributed by atoms with Gasteiger partial charge in [0.05, 0.1) is 0 Å². The molecular weight excluding hydrogens is 300 g/mol. The number of aromatic nitrogens is 2. The number of hydrogen-bond acceptors (Lipinski definition) is 4. The molecule has 0 saturated carbocycles. The number of amides is 1. The first kappa shape index (κ1) is 14.8. The molecule has 2 heterocycles. The van der Waals surface area contributed by atoms with Crippen LogP contribution in [0.2, 0.25) is 5.02 Å². The largest absolute Gasteiger partial charge is 0.357 e. The Hall–Kier alpha value is -2.14. The number of anilines is 2. The van der Waals surface area contributed by atoms with Gasteiger partial charge in [-0.1, -0.05) is 11.6 Å². The van der Waals surface area contributed by atoms with Gasteiger partial charge in [-0.25, -0.2) is 9.97 Å². The minimum atomic E-state index is -0.242. The number of halogens is 1. The predicted octanol–water partition coefficient (Wildman–Crippen LogP) is 3.29. The van der Waals surface area contributed by atoms with E-state index in [2.05, 4.69) is 20.2 Å². The summed E-state index contributed by atoms with van der Waals surface area (Å²) in [6.07, 6.45) is 3.77. The van der Waals surface area contributed by atoms with Crippen molar-refractivity contribution in [3.63, 3.8) is 0 Å². The Morgan fingerprint density at radius 2 is 2.00 bits per heavy atom. The molecular formula is C16H17ClN4O. The molecule has 5 nitrogen and oxygen atoms in total. The van der Waals surface area contributed by atoms with Gasteiger partial charge < -0.3 is 10.2 Å². The van der Waals surface area contributed by atoms with Crippen molar-refractivity contribution in [2.45, 2.75) is 19.8 Å². The van der Waals surface area contributed by atoms with Crippen LogP contribution < -0.4 is 10.2 Å². The summed E-state index contributed by atoms with van der Waals surface area (Å²) in [7, 11) is 0. The zero-order valence-electron chi connectivity index (χ0n) is 12.3. The van der Waals surface area contributed by atoms with E-state index < -0.39 is 0 Å². The molecule has 3 rings (SSSR count). The van der Waals surface area contributed by atoms with Crippen molar-refractivity contribution in [1.29, 1.82) is 0 Å². The van der Waals surface area contributed by atoms with Crippen molar-refractivity contribution in [1.82, 2.24) is 9.97 Å². The Morgan fingerprint density at radius 3 is 2.73 bits per heavy atom. The lowest BCUT2D eigenvalue weighted by Crippen LogP contribution is -2.21. The first-order valence-electron chi connectivity index (χ1n) is 7.28. The van der Waals surface area contributed by atoms with Crippen LogP contribution in [0.15, 0.2) is 30.6 Å². The fraction of sp³-hybridized carbons (Fsp3) is 0.312. The zero-order chi connectivity index (χ0) is 15.5. The second-order valence-corrected chi connectivity index (χ2v) is 5.81. The van der Waals surface area contributed by atoms with Crippen LogP contribution in [-0.2, 0) is 0 Å². The highest BCUT2D eigenvalue weighted by atomic mass is 35.5. The first-order valence-corrected chi connectivity index (χ1v) is 7.66. The van der Waals surface area contributed by atoms with Gasteiger partial charge in [-0.2, -0.15) is 0 Å². The number of carbonyl (C=O) groups is 1. The molecule has 1 aliphatic rings. The summed E-state index contributed by atoms with van der Waals surface area (Å²) in [5.41, 5.74) is 2.01. The third kappa shape index (κ3) is 3.20. The normalized spacial score (nSPS) is 14.2. The van der Waals surface area contributed by atoms with Crippen LogP contribution in [0.4, 0.5) is 11.5 Å². The third-order valence-corrected chi connectivity index (χ3v) is 3.99. The van der Waals surface area contributed by atoms with Crippen LogP contribution in [0.3, 0.4) is 0 Å². The van der Waals surface area contributed by atoms with Crippen molar-refractivity contribution in [3.05, 3.63) is 46.9 Å².